The van der Waals surface area contributed by atoms with Gasteiger partial charge in [-0.05, 0) is 31.1 Å². The molecular formula is C21H30NO4+. The SMILES string of the molecule is CC[N+]1(C)CC[C@]23CC(O)C(OC)=C[C@H]2[C@H]1Cc1ccc(OC)c(O)c13. The van der Waals surface area contributed by atoms with E-state index in [0.717, 1.165) is 36.0 Å². The van der Waals surface area contributed by atoms with Crippen molar-refractivity contribution < 1.29 is 24.2 Å². The summed E-state index contributed by atoms with van der Waals surface area (Å²) in [4.78, 5) is 0. The van der Waals surface area contributed by atoms with Gasteiger partial charge in [0.25, 0.3) is 0 Å². The number of likely N-dealkylation sites (N-methyl/N-ethyl adjacent to an activating group) is 1. The first-order valence-corrected chi connectivity index (χ1v) is 9.57. The number of aromatic hydroxyl groups is 1. The van der Waals surface area contributed by atoms with Crippen LogP contribution in [0.1, 0.15) is 30.9 Å². The van der Waals surface area contributed by atoms with E-state index < -0.39 is 6.10 Å². The molecule has 1 aliphatic heterocycles. The van der Waals surface area contributed by atoms with Crippen LogP contribution in [0.2, 0.25) is 0 Å². The Balaban J connectivity index is 1.97. The third kappa shape index (κ3) is 2.16. The number of nitrogens with zero attached hydrogens (tertiary/aromatic N) is 1. The minimum atomic E-state index is -0.632. The van der Waals surface area contributed by atoms with Gasteiger partial charge in [0.1, 0.15) is 17.9 Å². The molecule has 3 aliphatic rings. The maximum atomic E-state index is 11.0. The molecule has 1 aromatic rings. The Morgan fingerprint density at radius 2 is 2.04 bits per heavy atom. The Morgan fingerprint density at radius 3 is 2.69 bits per heavy atom. The van der Waals surface area contributed by atoms with Crippen LogP contribution < -0.4 is 4.74 Å². The number of hydrogen-bond donors (Lipinski definition) is 2. The Labute approximate surface area is 155 Å². The van der Waals surface area contributed by atoms with Gasteiger partial charge in [0.15, 0.2) is 11.5 Å². The van der Waals surface area contributed by atoms with Crippen LogP contribution in [-0.4, -0.2) is 61.2 Å². The van der Waals surface area contributed by atoms with Crippen molar-refractivity contribution in [2.75, 3.05) is 34.4 Å². The van der Waals surface area contributed by atoms with Gasteiger partial charge >= 0.3 is 0 Å². The van der Waals surface area contributed by atoms with E-state index in [4.69, 9.17) is 9.47 Å². The molecule has 0 spiro atoms. The van der Waals surface area contributed by atoms with Crippen LogP contribution in [0.4, 0.5) is 0 Å². The number of piperidine rings is 1. The van der Waals surface area contributed by atoms with E-state index in [-0.39, 0.29) is 17.1 Å². The summed E-state index contributed by atoms with van der Waals surface area (Å²) in [5, 5.41) is 21.7. The standard InChI is InChI=1S/C21H29NO4/c1-5-22(2)9-8-21-12-16(23)18(26-4)11-14(21)15(22)10-13-6-7-17(25-3)20(24)19(13)21/h6-7,11,14-16,23H,5,8-10,12H2,1-4H3/p+1/t14-,15+,16?,21-,22?/m0/s1. The first-order chi connectivity index (χ1) is 12.4. The number of benzene rings is 1. The topological polar surface area (TPSA) is 58.9 Å². The van der Waals surface area contributed by atoms with Gasteiger partial charge in [0, 0.05) is 29.7 Å². The third-order valence-corrected chi connectivity index (χ3v) is 7.48. The summed E-state index contributed by atoms with van der Waals surface area (Å²) in [7, 11) is 5.56. The van der Waals surface area contributed by atoms with Gasteiger partial charge in [-0.15, -0.1) is 0 Å². The zero-order chi connectivity index (χ0) is 18.7. The number of fused-ring (bicyclic) bond motifs is 1. The van der Waals surface area contributed by atoms with Gasteiger partial charge < -0.3 is 24.2 Å². The van der Waals surface area contributed by atoms with Crippen molar-refractivity contribution in [1.29, 1.82) is 0 Å². The number of hydrogen-bond acceptors (Lipinski definition) is 4. The van der Waals surface area contributed by atoms with Crippen molar-refractivity contribution in [3.8, 4) is 11.5 Å². The number of rotatable bonds is 3. The first kappa shape index (κ1) is 17.7. The van der Waals surface area contributed by atoms with Gasteiger partial charge in [-0.1, -0.05) is 6.07 Å². The van der Waals surface area contributed by atoms with Crippen molar-refractivity contribution in [3.05, 3.63) is 35.1 Å². The lowest BCUT2D eigenvalue weighted by molar-refractivity contribution is -0.942. The first-order valence-electron chi connectivity index (χ1n) is 9.57. The van der Waals surface area contributed by atoms with E-state index in [2.05, 4.69) is 26.1 Å². The van der Waals surface area contributed by atoms with E-state index in [0.29, 0.717) is 24.0 Å². The van der Waals surface area contributed by atoms with Crippen molar-refractivity contribution in [2.24, 2.45) is 5.92 Å². The molecule has 5 heteroatoms. The zero-order valence-corrected chi connectivity index (χ0v) is 16.2. The molecule has 1 saturated heterocycles. The molecule has 26 heavy (non-hydrogen) atoms. The number of methoxy groups -OCH3 is 2. The predicted molar refractivity (Wildman–Crippen MR) is 99.2 cm³/mol. The monoisotopic (exact) mass is 360 g/mol. The predicted octanol–water partition coefficient (Wildman–Crippen LogP) is 2.34. The van der Waals surface area contributed by atoms with Crippen LogP contribution in [-0.2, 0) is 16.6 Å². The number of phenols is 1. The molecular weight excluding hydrogens is 330 g/mol. The Morgan fingerprint density at radius 1 is 1.27 bits per heavy atom. The Bertz CT molecular complexity index is 761. The molecule has 0 saturated carbocycles. The van der Waals surface area contributed by atoms with E-state index in [9.17, 15) is 10.2 Å². The van der Waals surface area contributed by atoms with E-state index in [1.54, 1.807) is 14.2 Å². The second-order valence-corrected chi connectivity index (χ2v) is 8.37. The lowest BCUT2D eigenvalue weighted by Crippen LogP contribution is -2.68. The molecule has 2 aliphatic carbocycles. The maximum absolute atomic E-state index is 11.0. The maximum Gasteiger partial charge on any atom is 0.161 e. The summed E-state index contributed by atoms with van der Waals surface area (Å²) in [5.41, 5.74) is 1.93. The molecule has 1 aromatic carbocycles. The average molecular weight is 360 g/mol. The summed E-state index contributed by atoms with van der Waals surface area (Å²) < 4.78 is 11.9. The number of aliphatic hydroxyl groups excluding tert-OH is 1. The van der Waals surface area contributed by atoms with Crippen molar-refractivity contribution in [2.45, 2.75) is 43.7 Å². The third-order valence-electron chi connectivity index (χ3n) is 7.48. The number of phenolic OH excluding ortho intramolecular Hbond substituents is 1. The number of ether oxygens (including phenoxy) is 2. The minimum absolute atomic E-state index is 0.241. The molecule has 0 radical (unpaired) electrons. The number of likely N-dealkylation sites (tertiary alicyclic amines) is 1. The van der Waals surface area contributed by atoms with E-state index in [1.165, 1.54) is 5.56 Å². The highest BCUT2D eigenvalue weighted by Gasteiger charge is 2.61. The molecule has 2 bridgehead atoms. The highest BCUT2D eigenvalue weighted by Crippen LogP contribution is 2.59. The van der Waals surface area contributed by atoms with Gasteiger partial charge in [-0.2, -0.15) is 0 Å². The number of aliphatic hydroxyl groups is 1. The molecule has 142 valence electrons. The van der Waals surface area contributed by atoms with Crippen molar-refractivity contribution in [1.82, 2.24) is 0 Å². The van der Waals surface area contributed by atoms with Gasteiger partial charge in [-0.3, -0.25) is 0 Å². The van der Waals surface area contributed by atoms with Gasteiger partial charge in [-0.25, -0.2) is 0 Å². The molecule has 4 rings (SSSR count). The average Bonchev–Trinajstić information content (AvgIpc) is 2.64. The molecule has 2 N–H and O–H groups in total. The molecule has 1 fully saturated rings. The van der Waals surface area contributed by atoms with Gasteiger partial charge in [0.05, 0.1) is 34.4 Å². The highest BCUT2D eigenvalue weighted by atomic mass is 16.5. The molecule has 2 unspecified atom stereocenters. The van der Waals surface area contributed by atoms with E-state index in [1.807, 2.05) is 6.07 Å². The van der Waals surface area contributed by atoms with Crippen LogP contribution in [0.5, 0.6) is 11.5 Å². The number of quaternary nitrogens is 1. The van der Waals surface area contributed by atoms with Crippen molar-refractivity contribution in [3.63, 3.8) is 0 Å². The van der Waals surface area contributed by atoms with Crippen LogP contribution in [0, 0.1) is 5.92 Å². The van der Waals surface area contributed by atoms with Crippen LogP contribution >= 0.6 is 0 Å². The quantitative estimate of drug-likeness (QED) is 0.813. The van der Waals surface area contributed by atoms with Crippen LogP contribution in [0.3, 0.4) is 0 Å². The molecule has 0 aromatic heterocycles. The molecule has 5 atom stereocenters. The van der Waals surface area contributed by atoms with E-state index >= 15 is 0 Å². The van der Waals surface area contributed by atoms with Crippen molar-refractivity contribution >= 4 is 0 Å². The fourth-order valence-corrected chi connectivity index (χ4v) is 5.85. The lowest BCUT2D eigenvalue weighted by Gasteiger charge is -2.60. The molecule has 1 heterocycles. The molecule has 5 nitrogen and oxygen atoms in total. The fourth-order valence-electron chi connectivity index (χ4n) is 5.85. The van der Waals surface area contributed by atoms with Crippen LogP contribution in [0.25, 0.3) is 0 Å². The zero-order valence-electron chi connectivity index (χ0n) is 16.2. The second kappa shape index (κ2) is 5.89. The van der Waals surface area contributed by atoms with Gasteiger partial charge in [0.2, 0.25) is 0 Å². The summed E-state index contributed by atoms with van der Waals surface area (Å²) in [5.74, 6) is 1.68. The summed E-state index contributed by atoms with van der Waals surface area (Å²) in [6.07, 6.45) is 3.97. The summed E-state index contributed by atoms with van der Waals surface area (Å²) >= 11 is 0. The molecule has 0 amide bonds. The summed E-state index contributed by atoms with van der Waals surface area (Å²) in [6, 6.07) is 4.39. The largest absolute Gasteiger partial charge is 0.504 e. The highest BCUT2D eigenvalue weighted by molar-refractivity contribution is 5.57. The lowest BCUT2D eigenvalue weighted by atomic mass is 9.52. The minimum Gasteiger partial charge on any atom is -0.504 e. The normalized spacial score (nSPS) is 38.0. The van der Waals surface area contributed by atoms with Crippen LogP contribution in [0.15, 0.2) is 24.0 Å². The smallest absolute Gasteiger partial charge is 0.161 e. The Kier molecular flexibility index (Phi) is 4.01. The fraction of sp³-hybridized carbons (Fsp3) is 0.619. The Hall–Kier alpha value is -1.72. The summed E-state index contributed by atoms with van der Waals surface area (Å²) in [6.45, 7) is 4.39. The second-order valence-electron chi connectivity index (χ2n) is 8.37.